The first kappa shape index (κ1) is 29.2. The van der Waals surface area contributed by atoms with E-state index in [0.29, 0.717) is 10.0 Å². The first-order valence-corrected chi connectivity index (χ1v) is 15.4. The summed E-state index contributed by atoms with van der Waals surface area (Å²) in [6.45, 7) is 5.81. The molecule has 4 aromatic carbocycles. The number of aromatic nitrogens is 2. The van der Waals surface area contributed by atoms with Crippen LogP contribution in [0, 0.1) is 6.92 Å². The first-order valence-electron chi connectivity index (χ1n) is 14.6. The molecular formula is C35H35Cl2N5O. The van der Waals surface area contributed by atoms with E-state index in [4.69, 9.17) is 37.9 Å². The average Bonchev–Trinajstić information content (AvgIpc) is 3.00. The normalized spacial score (nSPS) is 11.7. The minimum absolute atomic E-state index is 0.680. The Morgan fingerprint density at radius 1 is 0.651 bits per heavy atom. The van der Waals surface area contributed by atoms with Gasteiger partial charge in [-0.15, -0.1) is 0 Å². The van der Waals surface area contributed by atoms with Crippen molar-refractivity contribution in [1.82, 2.24) is 14.9 Å². The summed E-state index contributed by atoms with van der Waals surface area (Å²) in [7, 11) is 3.87. The highest BCUT2D eigenvalue weighted by Gasteiger charge is 2.12. The van der Waals surface area contributed by atoms with Gasteiger partial charge in [-0.1, -0.05) is 34.8 Å². The number of aryl methyl sites for hydroxylation is 1. The summed E-state index contributed by atoms with van der Waals surface area (Å²) in [5, 5.41) is 13.1. The van der Waals surface area contributed by atoms with Crippen molar-refractivity contribution in [3.63, 3.8) is 0 Å². The van der Waals surface area contributed by atoms with E-state index in [-0.39, 0.29) is 0 Å². The molecule has 2 N–H and O–H groups in total. The molecule has 0 aliphatic heterocycles. The zero-order valence-electron chi connectivity index (χ0n) is 24.7. The molecule has 2 heterocycles. The van der Waals surface area contributed by atoms with Crippen molar-refractivity contribution < 1.29 is 4.74 Å². The third kappa shape index (κ3) is 6.42. The molecular weight excluding hydrogens is 577 g/mol. The standard InChI is InChI=1S/C35H35Cl2N5O/c1-22-6-12-30-28(18-22)34(26-10-7-23(36)19-32(26)40-30)38-14-4-16-42(2)17-5-15-39-35-27-11-8-24(37)20-33(27)41-31-13-9-25(43-3)21-29(31)35/h6-13,18-21H,4-5,14-17H2,1-3H3,(H,38,40)(H,39,41). The zero-order chi connectivity index (χ0) is 29.9. The molecule has 0 aliphatic carbocycles. The SMILES string of the molecule is COc1ccc2nc3cc(Cl)ccc3c(NCCCN(C)CCCNc3c4ccc(Cl)cc4nc4ccc(C)cc34)c2c1. The molecule has 0 bridgehead atoms. The molecule has 43 heavy (non-hydrogen) atoms. The van der Waals surface area contributed by atoms with E-state index in [0.717, 1.165) is 99.8 Å². The summed E-state index contributed by atoms with van der Waals surface area (Å²) < 4.78 is 5.50. The summed E-state index contributed by atoms with van der Waals surface area (Å²) in [5.74, 6) is 0.811. The van der Waals surface area contributed by atoms with Gasteiger partial charge in [0.2, 0.25) is 0 Å². The van der Waals surface area contributed by atoms with Gasteiger partial charge in [-0.2, -0.15) is 0 Å². The van der Waals surface area contributed by atoms with Gasteiger partial charge in [-0.25, -0.2) is 9.97 Å². The monoisotopic (exact) mass is 611 g/mol. The van der Waals surface area contributed by atoms with Gasteiger partial charge < -0.3 is 20.3 Å². The topological polar surface area (TPSA) is 62.3 Å². The van der Waals surface area contributed by atoms with Crippen molar-refractivity contribution in [1.29, 1.82) is 0 Å². The highest BCUT2D eigenvalue weighted by molar-refractivity contribution is 6.32. The van der Waals surface area contributed by atoms with Gasteiger partial charge >= 0.3 is 0 Å². The maximum absolute atomic E-state index is 6.28. The lowest BCUT2D eigenvalue weighted by Gasteiger charge is -2.19. The molecule has 0 amide bonds. The van der Waals surface area contributed by atoms with Gasteiger partial charge in [-0.3, -0.25) is 0 Å². The molecule has 220 valence electrons. The summed E-state index contributed by atoms with van der Waals surface area (Å²) in [6.07, 6.45) is 2.03. The number of pyridine rings is 2. The van der Waals surface area contributed by atoms with Gasteiger partial charge in [-0.05, 0) is 107 Å². The Kier molecular flexibility index (Phi) is 8.70. The van der Waals surface area contributed by atoms with Crippen LogP contribution in [-0.2, 0) is 0 Å². The second-order valence-electron chi connectivity index (χ2n) is 11.1. The van der Waals surface area contributed by atoms with Crippen LogP contribution in [0.1, 0.15) is 18.4 Å². The van der Waals surface area contributed by atoms with Crippen LogP contribution in [0.4, 0.5) is 11.4 Å². The zero-order valence-corrected chi connectivity index (χ0v) is 26.2. The Hall–Kier alpha value is -3.84. The molecule has 0 unspecified atom stereocenters. The summed E-state index contributed by atoms with van der Waals surface area (Å²) >= 11 is 12.6. The van der Waals surface area contributed by atoms with Crippen LogP contribution in [0.3, 0.4) is 0 Å². The lowest BCUT2D eigenvalue weighted by atomic mass is 10.1. The van der Waals surface area contributed by atoms with Crippen LogP contribution < -0.4 is 15.4 Å². The van der Waals surface area contributed by atoms with Crippen LogP contribution in [0.15, 0.2) is 72.8 Å². The van der Waals surface area contributed by atoms with E-state index in [1.165, 1.54) is 5.56 Å². The Bertz CT molecular complexity index is 1940. The van der Waals surface area contributed by atoms with Crippen molar-refractivity contribution in [2.24, 2.45) is 0 Å². The fourth-order valence-corrected chi connectivity index (χ4v) is 6.00. The van der Waals surface area contributed by atoms with E-state index >= 15 is 0 Å². The number of anilines is 2. The number of halogens is 2. The minimum Gasteiger partial charge on any atom is -0.497 e. The molecule has 0 spiro atoms. The minimum atomic E-state index is 0.680. The van der Waals surface area contributed by atoms with Gasteiger partial charge in [0.25, 0.3) is 0 Å². The molecule has 6 rings (SSSR count). The molecule has 0 saturated heterocycles. The molecule has 0 saturated carbocycles. The Balaban J connectivity index is 1.07. The maximum Gasteiger partial charge on any atom is 0.119 e. The predicted octanol–water partition coefficient (Wildman–Crippen LogP) is 8.95. The molecule has 6 aromatic rings. The van der Waals surface area contributed by atoms with Crippen molar-refractivity contribution in [2.75, 3.05) is 51.0 Å². The molecule has 0 atom stereocenters. The Morgan fingerprint density at radius 2 is 1.19 bits per heavy atom. The number of rotatable bonds is 11. The van der Waals surface area contributed by atoms with Crippen LogP contribution in [0.25, 0.3) is 43.6 Å². The number of fused-ring (bicyclic) bond motifs is 4. The fraction of sp³-hybridized carbons (Fsp3) is 0.257. The lowest BCUT2D eigenvalue weighted by Crippen LogP contribution is -2.24. The molecule has 6 nitrogen and oxygen atoms in total. The first-order chi connectivity index (χ1) is 20.9. The van der Waals surface area contributed by atoms with E-state index in [9.17, 15) is 0 Å². The molecule has 2 aromatic heterocycles. The largest absolute Gasteiger partial charge is 0.497 e. The number of ether oxygens (including phenoxy) is 1. The van der Waals surface area contributed by atoms with Crippen LogP contribution in [-0.4, -0.2) is 55.2 Å². The number of methoxy groups -OCH3 is 1. The van der Waals surface area contributed by atoms with Gasteiger partial charge in [0, 0.05) is 44.7 Å². The van der Waals surface area contributed by atoms with Gasteiger partial charge in [0.15, 0.2) is 0 Å². The summed E-state index contributed by atoms with van der Waals surface area (Å²) in [5.41, 5.74) is 7.09. The van der Waals surface area contributed by atoms with Crippen LogP contribution >= 0.6 is 23.2 Å². The molecule has 0 aliphatic rings. The third-order valence-corrected chi connectivity index (χ3v) is 8.34. The second kappa shape index (κ2) is 12.8. The van der Waals surface area contributed by atoms with Crippen molar-refractivity contribution in [2.45, 2.75) is 19.8 Å². The number of hydrogen-bond donors (Lipinski definition) is 2. The maximum atomic E-state index is 6.28. The van der Waals surface area contributed by atoms with Gasteiger partial charge in [0.05, 0.1) is 40.6 Å². The summed E-state index contributed by atoms with van der Waals surface area (Å²) in [6, 6.07) is 24.2. The highest BCUT2D eigenvalue weighted by atomic mass is 35.5. The Morgan fingerprint density at radius 3 is 1.74 bits per heavy atom. The highest BCUT2D eigenvalue weighted by Crippen LogP contribution is 2.35. The van der Waals surface area contributed by atoms with E-state index < -0.39 is 0 Å². The predicted molar refractivity (Wildman–Crippen MR) is 184 cm³/mol. The van der Waals surface area contributed by atoms with Crippen molar-refractivity contribution in [3.8, 4) is 5.75 Å². The van der Waals surface area contributed by atoms with E-state index in [1.807, 2.05) is 48.5 Å². The fourth-order valence-electron chi connectivity index (χ4n) is 5.67. The lowest BCUT2D eigenvalue weighted by molar-refractivity contribution is 0.331. The summed E-state index contributed by atoms with van der Waals surface area (Å²) in [4.78, 5) is 12.1. The Labute approximate surface area is 262 Å². The second-order valence-corrected chi connectivity index (χ2v) is 11.9. The smallest absolute Gasteiger partial charge is 0.119 e. The van der Waals surface area contributed by atoms with E-state index in [1.54, 1.807) is 7.11 Å². The van der Waals surface area contributed by atoms with Crippen molar-refractivity contribution in [3.05, 3.63) is 88.4 Å². The third-order valence-electron chi connectivity index (χ3n) is 7.87. The van der Waals surface area contributed by atoms with Gasteiger partial charge in [0.1, 0.15) is 5.75 Å². The average molecular weight is 613 g/mol. The molecule has 0 radical (unpaired) electrons. The number of nitrogens with zero attached hydrogens (tertiary/aromatic N) is 3. The quantitative estimate of drug-likeness (QED) is 0.113. The van der Waals surface area contributed by atoms with Crippen LogP contribution in [0.2, 0.25) is 10.0 Å². The molecule has 8 heteroatoms. The number of hydrogen-bond acceptors (Lipinski definition) is 6. The molecule has 0 fully saturated rings. The number of nitrogens with one attached hydrogen (secondary N) is 2. The van der Waals surface area contributed by atoms with Crippen molar-refractivity contribution >= 4 is 78.2 Å². The number of benzene rings is 4. The van der Waals surface area contributed by atoms with E-state index in [2.05, 4.69) is 53.8 Å². The van der Waals surface area contributed by atoms with Crippen LogP contribution in [0.5, 0.6) is 5.75 Å².